The first-order valence-electron chi connectivity index (χ1n) is 12.6. The molecule has 9 nitrogen and oxygen atoms in total. The van der Waals surface area contributed by atoms with E-state index in [0.29, 0.717) is 56.0 Å². The van der Waals surface area contributed by atoms with Gasteiger partial charge in [0.05, 0.1) is 0 Å². The van der Waals surface area contributed by atoms with Crippen LogP contribution in [0.3, 0.4) is 0 Å². The lowest BCUT2D eigenvalue weighted by Crippen LogP contribution is -2.47. The second-order valence-electron chi connectivity index (χ2n) is 9.42. The van der Waals surface area contributed by atoms with Crippen molar-refractivity contribution in [3.8, 4) is 0 Å². The quantitative estimate of drug-likeness (QED) is 0.401. The minimum atomic E-state index is -0.589. The van der Waals surface area contributed by atoms with Crippen LogP contribution < -0.4 is 20.4 Å². The average molecular weight is 516 g/mol. The van der Waals surface area contributed by atoms with E-state index in [1.807, 2.05) is 0 Å². The van der Waals surface area contributed by atoms with Crippen molar-refractivity contribution in [3.63, 3.8) is 0 Å². The summed E-state index contributed by atoms with van der Waals surface area (Å²) < 4.78 is 27.1. The van der Waals surface area contributed by atoms with Crippen molar-refractivity contribution in [1.29, 1.82) is 0 Å². The summed E-state index contributed by atoms with van der Waals surface area (Å²) in [6.45, 7) is 4.72. The Hall–Kier alpha value is -4.25. The topological polar surface area (TPSA) is 95.0 Å². The van der Waals surface area contributed by atoms with Crippen LogP contribution in [0.4, 0.5) is 32.3 Å². The van der Waals surface area contributed by atoms with Crippen molar-refractivity contribution in [2.75, 3.05) is 47.8 Å². The molecule has 2 aromatic carbocycles. The number of benzene rings is 2. The molecule has 0 saturated carbocycles. The molecule has 11 heteroatoms. The number of hydrogen-bond acceptors (Lipinski definition) is 9. The van der Waals surface area contributed by atoms with E-state index < -0.39 is 11.6 Å². The van der Waals surface area contributed by atoms with Gasteiger partial charge >= 0.3 is 0 Å². The van der Waals surface area contributed by atoms with Crippen molar-refractivity contribution >= 4 is 23.5 Å². The molecule has 0 amide bonds. The maximum atomic E-state index is 14.0. The first-order chi connectivity index (χ1) is 18.6. The highest BCUT2D eigenvalue weighted by atomic mass is 19.1. The van der Waals surface area contributed by atoms with Gasteiger partial charge in [-0.05, 0) is 53.4 Å². The average Bonchev–Trinajstić information content (AvgIpc) is 2.95. The minimum absolute atomic E-state index is 0.304. The molecule has 2 aromatic heterocycles. The molecule has 38 heavy (non-hydrogen) atoms. The minimum Gasteiger partial charge on any atom is -0.337 e. The molecule has 4 heterocycles. The zero-order chi connectivity index (χ0) is 25.9. The van der Waals surface area contributed by atoms with Gasteiger partial charge in [-0.15, -0.1) is 0 Å². The summed E-state index contributed by atoms with van der Waals surface area (Å²) in [6, 6.07) is 9.96. The lowest BCUT2D eigenvalue weighted by Gasteiger charge is -2.34. The number of halogens is 2. The van der Waals surface area contributed by atoms with Crippen molar-refractivity contribution in [2.45, 2.75) is 19.4 Å². The van der Waals surface area contributed by atoms with Crippen LogP contribution in [0.5, 0.6) is 0 Å². The summed E-state index contributed by atoms with van der Waals surface area (Å²) >= 11 is 0. The molecule has 0 radical (unpaired) electrons. The number of fused-ring (bicyclic) bond motifs is 1. The van der Waals surface area contributed by atoms with Gasteiger partial charge in [0.1, 0.15) is 18.0 Å². The van der Waals surface area contributed by atoms with Gasteiger partial charge in [-0.3, -0.25) is 0 Å². The smallest absolute Gasteiger partial charge is 0.231 e. The summed E-state index contributed by atoms with van der Waals surface area (Å²) in [5, 5.41) is 6.71. The molecule has 1 fully saturated rings. The van der Waals surface area contributed by atoms with E-state index in [-0.39, 0.29) is 0 Å². The molecule has 4 aromatic rings. The SMILES string of the molecule is Fc1ccc(Cc2cnc(N3CCN(c4ncnc(Nc5ccc6c(c5)CNCC6)n4)CC3)nc2)c(F)c1. The molecule has 0 aliphatic carbocycles. The molecular weight excluding hydrogens is 488 g/mol. The Morgan fingerprint density at radius 1 is 0.842 bits per heavy atom. The highest BCUT2D eigenvalue weighted by Crippen LogP contribution is 2.22. The van der Waals surface area contributed by atoms with Crippen LogP contribution in [0.2, 0.25) is 0 Å². The summed E-state index contributed by atoms with van der Waals surface area (Å²) in [7, 11) is 0. The van der Waals surface area contributed by atoms with E-state index in [9.17, 15) is 8.78 Å². The number of nitrogens with zero attached hydrogens (tertiary/aromatic N) is 7. The monoisotopic (exact) mass is 515 g/mol. The largest absolute Gasteiger partial charge is 0.337 e. The Kier molecular flexibility index (Phi) is 6.74. The number of hydrogen-bond donors (Lipinski definition) is 2. The van der Waals surface area contributed by atoms with E-state index in [4.69, 9.17) is 0 Å². The van der Waals surface area contributed by atoms with Crippen LogP contribution in [0.25, 0.3) is 0 Å². The van der Waals surface area contributed by atoms with Gasteiger partial charge in [0.15, 0.2) is 0 Å². The normalized spacial score (nSPS) is 15.3. The first kappa shape index (κ1) is 24.1. The Balaban J connectivity index is 1.06. The van der Waals surface area contributed by atoms with Gasteiger partial charge in [-0.2, -0.15) is 4.98 Å². The molecule has 6 rings (SSSR count). The molecule has 2 aliphatic rings. The number of aromatic nitrogens is 5. The second kappa shape index (κ2) is 10.6. The Morgan fingerprint density at radius 3 is 2.42 bits per heavy atom. The standard InChI is InChI=1S/C27H27F2N9/c28-22-3-1-20(24(29)13-22)11-18-14-31-26(32-15-18)37-7-9-38(10-8-37)27-34-17-33-25(36-27)35-23-4-2-19-5-6-30-16-21(19)12-23/h1-4,12-15,17,30H,5-11,16H2,(H,33,34,35,36). The van der Waals surface area contributed by atoms with Crippen molar-refractivity contribution in [2.24, 2.45) is 0 Å². The van der Waals surface area contributed by atoms with Gasteiger partial charge in [-0.25, -0.2) is 28.7 Å². The second-order valence-corrected chi connectivity index (χ2v) is 9.42. The van der Waals surface area contributed by atoms with Crippen LogP contribution >= 0.6 is 0 Å². The van der Waals surface area contributed by atoms with E-state index in [1.165, 1.54) is 29.6 Å². The van der Waals surface area contributed by atoms with E-state index >= 15 is 0 Å². The predicted molar refractivity (Wildman–Crippen MR) is 141 cm³/mol. The van der Waals surface area contributed by atoms with Crippen molar-refractivity contribution < 1.29 is 8.78 Å². The zero-order valence-corrected chi connectivity index (χ0v) is 20.7. The van der Waals surface area contributed by atoms with Crippen LogP contribution in [0.1, 0.15) is 22.3 Å². The molecule has 2 N–H and O–H groups in total. The van der Waals surface area contributed by atoms with Gasteiger partial charge in [-0.1, -0.05) is 12.1 Å². The fourth-order valence-corrected chi connectivity index (χ4v) is 4.78. The van der Waals surface area contributed by atoms with Gasteiger partial charge in [0, 0.05) is 63.3 Å². The Labute approximate surface area is 219 Å². The zero-order valence-electron chi connectivity index (χ0n) is 20.7. The summed E-state index contributed by atoms with van der Waals surface area (Å²) in [4.78, 5) is 26.5. The van der Waals surface area contributed by atoms with Crippen LogP contribution in [-0.2, 0) is 19.4 Å². The van der Waals surface area contributed by atoms with Crippen molar-refractivity contribution in [3.05, 3.63) is 89.0 Å². The van der Waals surface area contributed by atoms with Crippen LogP contribution in [-0.4, -0.2) is 57.6 Å². The molecule has 0 bridgehead atoms. The number of rotatable bonds is 6. The number of piperazine rings is 1. The van der Waals surface area contributed by atoms with Gasteiger partial charge < -0.3 is 20.4 Å². The third-order valence-electron chi connectivity index (χ3n) is 6.85. The highest BCUT2D eigenvalue weighted by Gasteiger charge is 2.21. The molecule has 0 atom stereocenters. The maximum Gasteiger partial charge on any atom is 0.231 e. The summed E-state index contributed by atoms with van der Waals surface area (Å²) in [5.74, 6) is 0.598. The lowest BCUT2D eigenvalue weighted by atomic mass is 10.0. The van der Waals surface area contributed by atoms with Crippen LogP contribution in [0.15, 0.2) is 55.1 Å². The lowest BCUT2D eigenvalue weighted by molar-refractivity contribution is 0.574. The number of nitrogens with one attached hydrogen (secondary N) is 2. The predicted octanol–water partition coefficient (Wildman–Crippen LogP) is 3.25. The molecular formula is C27H27F2N9. The molecule has 0 spiro atoms. The molecule has 1 saturated heterocycles. The van der Waals surface area contributed by atoms with Crippen molar-refractivity contribution in [1.82, 2.24) is 30.2 Å². The van der Waals surface area contributed by atoms with Crippen LogP contribution in [0, 0.1) is 11.6 Å². The highest BCUT2D eigenvalue weighted by molar-refractivity contribution is 5.57. The van der Waals surface area contributed by atoms with E-state index in [2.05, 4.69) is 63.6 Å². The molecule has 0 unspecified atom stereocenters. The summed E-state index contributed by atoms with van der Waals surface area (Å²) in [6.07, 6.45) is 6.26. The molecule has 2 aliphatic heterocycles. The van der Waals surface area contributed by atoms with Gasteiger partial charge in [0.2, 0.25) is 17.8 Å². The summed E-state index contributed by atoms with van der Waals surface area (Å²) in [5.41, 5.74) is 4.80. The van der Waals surface area contributed by atoms with Gasteiger partial charge in [0.25, 0.3) is 0 Å². The Morgan fingerprint density at radius 2 is 1.63 bits per heavy atom. The molecule has 194 valence electrons. The third-order valence-corrected chi connectivity index (χ3v) is 6.85. The fourth-order valence-electron chi connectivity index (χ4n) is 4.78. The number of anilines is 4. The third kappa shape index (κ3) is 5.37. The fraction of sp³-hybridized carbons (Fsp3) is 0.296. The van der Waals surface area contributed by atoms with E-state index in [0.717, 1.165) is 36.8 Å². The first-order valence-corrected chi connectivity index (χ1v) is 12.6. The van der Waals surface area contributed by atoms with E-state index in [1.54, 1.807) is 12.4 Å². The maximum absolute atomic E-state index is 14.0. The Bertz CT molecular complexity index is 1420.